The van der Waals surface area contributed by atoms with E-state index in [0.29, 0.717) is 12.6 Å². The topological polar surface area (TPSA) is 49.6 Å². The number of hydrogen-bond acceptors (Lipinski definition) is 2. The third-order valence-electron chi connectivity index (χ3n) is 3.29. The fraction of sp³-hybridized carbons (Fsp3) is 0.909. The molecule has 4 heteroatoms. The average molecular weight is 211 g/mol. The summed E-state index contributed by atoms with van der Waals surface area (Å²) in [5.41, 5.74) is 5.72. The van der Waals surface area contributed by atoms with Crippen LogP contribution < -0.4 is 5.73 Å². The Morgan fingerprint density at radius 1 is 1.40 bits per heavy atom. The summed E-state index contributed by atoms with van der Waals surface area (Å²) < 4.78 is 0. The molecule has 15 heavy (non-hydrogen) atoms. The van der Waals surface area contributed by atoms with E-state index < -0.39 is 0 Å². The molecule has 86 valence electrons. The zero-order valence-electron chi connectivity index (χ0n) is 9.70. The van der Waals surface area contributed by atoms with Gasteiger partial charge in [0.2, 0.25) is 0 Å². The lowest BCUT2D eigenvalue weighted by Crippen LogP contribution is -2.41. The van der Waals surface area contributed by atoms with Crippen LogP contribution in [0.15, 0.2) is 0 Å². The number of amides is 2. The summed E-state index contributed by atoms with van der Waals surface area (Å²) in [6, 6.07) is 0.766. The summed E-state index contributed by atoms with van der Waals surface area (Å²) in [6.07, 6.45) is 2.39. The Balaban J connectivity index is 1.92. The second-order valence-corrected chi connectivity index (χ2v) is 5.50. The fourth-order valence-electron chi connectivity index (χ4n) is 2.05. The molecule has 0 aromatic heterocycles. The molecule has 2 rings (SSSR count). The number of carbonyl (C=O) groups is 1. The number of carbonyl (C=O) groups excluding carboxylic acids is 1. The third kappa shape index (κ3) is 2.25. The number of urea groups is 1. The molecule has 2 fully saturated rings. The van der Waals surface area contributed by atoms with Gasteiger partial charge in [-0.15, -0.1) is 0 Å². The molecule has 0 spiro atoms. The molecule has 1 aliphatic carbocycles. The molecular formula is C11H21N3O. The Morgan fingerprint density at radius 2 is 2.07 bits per heavy atom. The summed E-state index contributed by atoms with van der Waals surface area (Å²) in [7, 11) is 0. The van der Waals surface area contributed by atoms with E-state index in [1.165, 1.54) is 12.8 Å². The highest BCUT2D eigenvalue weighted by Crippen LogP contribution is 2.30. The summed E-state index contributed by atoms with van der Waals surface area (Å²) in [4.78, 5) is 16.0. The Hall–Kier alpha value is -0.770. The van der Waals surface area contributed by atoms with Crippen molar-refractivity contribution in [2.45, 2.75) is 32.7 Å². The number of nitrogens with zero attached hydrogens (tertiary/aromatic N) is 2. The summed E-state index contributed by atoms with van der Waals surface area (Å²) in [5, 5.41) is 0. The van der Waals surface area contributed by atoms with Crippen LogP contribution in [0.5, 0.6) is 0 Å². The van der Waals surface area contributed by atoms with Gasteiger partial charge in [0, 0.05) is 25.7 Å². The molecular weight excluding hydrogens is 190 g/mol. The Morgan fingerprint density at radius 3 is 2.60 bits per heavy atom. The van der Waals surface area contributed by atoms with Gasteiger partial charge in [-0.25, -0.2) is 4.79 Å². The zero-order chi connectivity index (χ0) is 11.1. The lowest BCUT2D eigenvalue weighted by molar-refractivity contribution is 0.172. The molecule has 1 heterocycles. The highest BCUT2D eigenvalue weighted by Gasteiger charge is 2.40. The van der Waals surface area contributed by atoms with Crippen LogP contribution >= 0.6 is 0 Å². The van der Waals surface area contributed by atoms with E-state index in [4.69, 9.17) is 5.73 Å². The van der Waals surface area contributed by atoms with Crippen LogP contribution in [0.25, 0.3) is 0 Å². The zero-order valence-corrected chi connectivity index (χ0v) is 9.70. The largest absolute Gasteiger partial charge is 0.330 e. The summed E-state index contributed by atoms with van der Waals surface area (Å²) in [6.45, 7) is 7.41. The second-order valence-electron chi connectivity index (χ2n) is 5.50. The molecule has 2 amide bonds. The minimum atomic E-state index is 0.0369. The van der Waals surface area contributed by atoms with Crippen molar-refractivity contribution in [2.75, 3.05) is 26.2 Å². The first-order valence-corrected chi connectivity index (χ1v) is 5.79. The molecule has 0 atom stereocenters. The minimum absolute atomic E-state index is 0.0369. The quantitative estimate of drug-likeness (QED) is 0.750. The molecule has 0 aromatic carbocycles. The number of nitrogens with two attached hydrogens (primary N) is 1. The van der Waals surface area contributed by atoms with Crippen LogP contribution in [0.1, 0.15) is 26.7 Å². The van der Waals surface area contributed by atoms with Gasteiger partial charge in [-0.2, -0.15) is 0 Å². The van der Waals surface area contributed by atoms with Crippen molar-refractivity contribution in [3.8, 4) is 0 Å². The van der Waals surface area contributed by atoms with Gasteiger partial charge in [-0.05, 0) is 24.8 Å². The molecule has 4 nitrogen and oxygen atoms in total. The third-order valence-corrected chi connectivity index (χ3v) is 3.29. The van der Waals surface area contributed by atoms with Crippen LogP contribution in [0, 0.1) is 5.41 Å². The molecule has 0 radical (unpaired) electrons. The van der Waals surface area contributed by atoms with E-state index in [1.54, 1.807) is 0 Å². The second kappa shape index (κ2) is 3.67. The molecule has 2 N–H and O–H groups in total. The highest BCUT2D eigenvalue weighted by atomic mass is 16.2. The normalized spacial score (nSPS) is 22.7. The van der Waals surface area contributed by atoms with Gasteiger partial charge in [-0.1, -0.05) is 13.8 Å². The molecule has 2 aliphatic rings. The molecule has 1 aliphatic heterocycles. The van der Waals surface area contributed by atoms with Crippen molar-refractivity contribution in [3.05, 3.63) is 0 Å². The van der Waals surface area contributed by atoms with E-state index >= 15 is 0 Å². The molecule has 1 saturated heterocycles. The Labute approximate surface area is 91.4 Å². The van der Waals surface area contributed by atoms with Gasteiger partial charge in [0.15, 0.2) is 0 Å². The predicted octanol–water partition coefficient (Wildman–Crippen LogP) is 0.871. The Kier molecular flexibility index (Phi) is 2.63. The van der Waals surface area contributed by atoms with Crippen molar-refractivity contribution >= 4 is 6.03 Å². The minimum Gasteiger partial charge on any atom is -0.330 e. The monoisotopic (exact) mass is 211 g/mol. The van der Waals surface area contributed by atoms with Crippen molar-refractivity contribution < 1.29 is 4.79 Å². The van der Waals surface area contributed by atoms with Crippen LogP contribution in [-0.2, 0) is 0 Å². The molecule has 0 bridgehead atoms. The van der Waals surface area contributed by atoms with E-state index in [-0.39, 0.29) is 11.4 Å². The number of hydrogen-bond donors (Lipinski definition) is 1. The summed E-state index contributed by atoms with van der Waals surface area (Å²) in [5.74, 6) is 0. The van der Waals surface area contributed by atoms with Crippen LogP contribution in [0.4, 0.5) is 4.79 Å². The van der Waals surface area contributed by atoms with Gasteiger partial charge in [0.05, 0.1) is 0 Å². The Bertz CT molecular complexity index is 261. The van der Waals surface area contributed by atoms with Crippen LogP contribution in [0.3, 0.4) is 0 Å². The maximum absolute atomic E-state index is 12.0. The first-order valence-electron chi connectivity index (χ1n) is 5.79. The molecule has 0 aromatic rings. The molecule has 1 saturated carbocycles. The van der Waals surface area contributed by atoms with Gasteiger partial charge in [0.25, 0.3) is 0 Å². The highest BCUT2D eigenvalue weighted by molar-refractivity contribution is 5.77. The SMILES string of the molecule is CC(C)(CN)CN1CCN(C2CC2)C1=O. The predicted molar refractivity (Wildman–Crippen MR) is 59.5 cm³/mol. The van der Waals surface area contributed by atoms with Gasteiger partial charge < -0.3 is 15.5 Å². The maximum atomic E-state index is 12.0. The van der Waals surface area contributed by atoms with Crippen molar-refractivity contribution in [1.82, 2.24) is 9.80 Å². The van der Waals surface area contributed by atoms with Crippen LogP contribution in [-0.4, -0.2) is 48.1 Å². The van der Waals surface area contributed by atoms with E-state index in [0.717, 1.165) is 19.6 Å². The van der Waals surface area contributed by atoms with Gasteiger partial charge >= 0.3 is 6.03 Å². The number of rotatable bonds is 4. The standard InChI is InChI=1S/C11H21N3O/c1-11(2,7-12)8-13-5-6-14(10(13)15)9-3-4-9/h9H,3-8,12H2,1-2H3. The maximum Gasteiger partial charge on any atom is 0.320 e. The molecule has 0 unspecified atom stereocenters. The first kappa shape index (κ1) is 10.7. The van der Waals surface area contributed by atoms with E-state index in [9.17, 15) is 4.79 Å². The van der Waals surface area contributed by atoms with E-state index in [1.807, 2.05) is 9.80 Å². The smallest absolute Gasteiger partial charge is 0.320 e. The van der Waals surface area contributed by atoms with Crippen molar-refractivity contribution in [3.63, 3.8) is 0 Å². The van der Waals surface area contributed by atoms with Crippen LogP contribution in [0.2, 0.25) is 0 Å². The first-order chi connectivity index (χ1) is 7.03. The fourth-order valence-corrected chi connectivity index (χ4v) is 2.05. The van der Waals surface area contributed by atoms with Gasteiger partial charge in [0.1, 0.15) is 0 Å². The summed E-state index contributed by atoms with van der Waals surface area (Å²) >= 11 is 0. The lowest BCUT2D eigenvalue weighted by Gasteiger charge is -2.28. The van der Waals surface area contributed by atoms with Gasteiger partial charge in [-0.3, -0.25) is 0 Å². The average Bonchev–Trinajstić information content (AvgIpc) is 2.95. The van der Waals surface area contributed by atoms with Crippen molar-refractivity contribution in [1.29, 1.82) is 0 Å². The lowest BCUT2D eigenvalue weighted by atomic mass is 9.93. The van der Waals surface area contributed by atoms with Crippen molar-refractivity contribution in [2.24, 2.45) is 11.1 Å². The van der Waals surface area contributed by atoms with E-state index in [2.05, 4.69) is 13.8 Å².